The van der Waals surface area contributed by atoms with E-state index in [-0.39, 0.29) is 0 Å². The molecule has 0 saturated carbocycles. The molecule has 2 aromatic carbocycles. The Bertz CT molecular complexity index is 549. The highest BCUT2D eigenvalue weighted by atomic mass is 16.5. The van der Waals surface area contributed by atoms with Crippen LogP contribution >= 0.6 is 0 Å². The lowest BCUT2D eigenvalue weighted by atomic mass is 10.1. The molecule has 0 fully saturated rings. The van der Waals surface area contributed by atoms with Crippen molar-refractivity contribution in [2.24, 2.45) is 0 Å². The van der Waals surface area contributed by atoms with Gasteiger partial charge in [0.05, 0.1) is 0 Å². The summed E-state index contributed by atoms with van der Waals surface area (Å²) in [7, 11) is 0. The smallest absolute Gasteiger partial charge is 0.127 e. The Morgan fingerprint density at radius 3 is 2.15 bits per heavy atom. The predicted octanol–water partition coefficient (Wildman–Crippen LogP) is 4.54. The lowest BCUT2D eigenvalue weighted by Gasteiger charge is -2.11. The molecule has 2 nitrogen and oxygen atoms in total. The molecule has 106 valence electrons. The Hall–Kier alpha value is -1.80. The van der Waals surface area contributed by atoms with Crippen LogP contribution in [0.5, 0.6) is 11.5 Å². The Morgan fingerprint density at radius 1 is 0.950 bits per heavy atom. The molecule has 0 aliphatic heterocycles. The summed E-state index contributed by atoms with van der Waals surface area (Å²) in [4.78, 5) is 0. The largest absolute Gasteiger partial charge is 0.457 e. The Kier molecular flexibility index (Phi) is 5.19. The van der Waals surface area contributed by atoms with Gasteiger partial charge in [0.1, 0.15) is 11.5 Å². The molecule has 0 unspecified atom stereocenters. The normalized spacial score (nSPS) is 10.8. The summed E-state index contributed by atoms with van der Waals surface area (Å²) in [6.45, 7) is 7.31. The number of ether oxygens (including phenoxy) is 1. The van der Waals surface area contributed by atoms with Crippen LogP contribution in [-0.2, 0) is 13.0 Å². The van der Waals surface area contributed by atoms with E-state index in [1.807, 2.05) is 24.3 Å². The van der Waals surface area contributed by atoms with Gasteiger partial charge in [-0.2, -0.15) is 0 Å². The summed E-state index contributed by atoms with van der Waals surface area (Å²) < 4.78 is 5.94. The summed E-state index contributed by atoms with van der Waals surface area (Å²) in [6, 6.07) is 17.0. The standard InChI is InChI=1S/C18H23NO/c1-4-15-7-5-9-17(11-15)20-18-10-6-8-16(12-18)13-19-14(2)3/h5-12,14,19H,4,13H2,1-3H3. The summed E-state index contributed by atoms with van der Waals surface area (Å²) >= 11 is 0. The van der Waals surface area contributed by atoms with Gasteiger partial charge in [0.15, 0.2) is 0 Å². The molecule has 0 aromatic heterocycles. The summed E-state index contributed by atoms with van der Waals surface area (Å²) in [5.41, 5.74) is 2.53. The molecule has 0 spiro atoms. The minimum Gasteiger partial charge on any atom is -0.457 e. The molecule has 0 aliphatic rings. The maximum atomic E-state index is 5.94. The van der Waals surface area contributed by atoms with Gasteiger partial charge < -0.3 is 10.1 Å². The van der Waals surface area contributed by atoms with Crippen molar-refractivity contribution >= 4 is 0 Å². The molecule has 0 amide bonds. The van der Waals surface area contributed by atoms with Gasteiger partial charge in [-0.25, -0.2) is 0 Å². The van der Waals surface area contributed by atoms with Crippen molar-refractivity contribution in [3.05, 3.63) is 59.7 Å². The molecule has 0 heterocycles. The first-order chi connectivity index (χ1) is 9.67. The predicted molar refractivity (Wildman–Crippen MR) is 84.3 cm³/mol. The van der Waals surface area contributed by atoms with Crippen molar-refractivity contribution in [1.29, 1.82) is 0 Å². The van der Waals surface area contributed by atoms with Crippen molar-refractivity contribution in [3.8, 4) is 11.5 Å². The van der Waals surface area contributed by atoms with Crippen LogP contribution < -0.4 is 10.1 Å². The van der Waals surface area contributed by atoms with Crippen molar-refractivity contribution < 1.29 is 4.74 Å². The molecule has 1 N–H and O–H groups in total. The van der Waals surface area contributed by atoms with Crippen molar-refractivity contribution in [2.45, 2.75) is 39.8 Å². The average Bonchev–Trinajstić information content (AvgIpc) is 2.46. The second kappa shape index (κ2) is 7.11. The summed E-state index contributed by atoms with van der Waals surface area (Å²) in [6.07, 6.45) is 1.02. The van der Waals surface area contributed by atoms with Crippen LogP contribution in [0.3, 0.4) is 0 Å². The highest BCUT2D eigenvalue weighted by molar-refractivity contribution is 5.35. The number of benzene rings is 2. The molecule has 0 atom stereocenters. The van der Waals surface area contributed by atoms with Crippen molar-refractivity contribution in [3.63, 3.8) is 0 Å². The molecular formula is C18H23NO. The highest BCUT2D eigenvalue weighted by Gasteiger charge is 2.01. The van der Waals surface area contributed by atoms with E-state index < -0.39 is 0 Å². The topological polar surface area (TPSA) is 21.3 Å². The fourth-order valence-electron chi connectivity index (χ4n) is 2.01. The minimum atomic E-state index is 0.487. The molecule has 20 heavy (non-hydrogen) atoms. The number of rotatable bonds is 6. The van der Waals surface area contributed by atoms with Gasteiger partial charge >= 0.3 is 0 Å². The second-order valence-corrected chi connectivity index (χ2v) is 5.29. The third kappa shape index (κ3) is 4.39. The van der Waals surface area contributed by atoms with Crippen molar-refractivity contribution in [1.82, 2.24) is 5.32 Å². The van der Waals surface area contributed by atoms with Crippen LogP contribution in [0.1, 0.15) is 31.9 Å². The zero-order chi connectivity index (χ0) is 14.4. The fraction of sp³-hybridized carbons (Fsp3) is 0.333. The second-order valence-electron chi connectivity index (χ2n) is 5.29. The number of hydrogen-bond acceptors (Lipinski definition) is 2. The average molecular weight is 269 g/mol. The SMILES string of the molecule is CCc1cccc(Oc2cccc(CNC(C)C)c2)c1. The number of aryl methyl sites for hydroxylation is 1. The van der Waals surface area contributed by atoms with E-state index in [0.717, 1.165) is 24.5 Å². The Morgan fingerprint density at radius 2 is 1.55 bits per heavy atom. The molecule has 0 aliphatic carbocycles. The van der Waals surface area contributed by atoms with E-state index in [9.17, 15) is 0 Å². The maximum absolute atomic E-state index is 5.94. The van der Waals surface area contributed by atoms with Gasteiger partial charge in [0.2, 0.25) is 0 Å². The number of nitrogens with one attached hydrogen (secondary N) is 1. The first-order valence-electron chi connectivity index (χ1n) is 7.26. The molecule has 0 radical (unpaired) electrons. The first kappa shape index (κ1) is 14.6. The zero-order valence-corrected chi connectivity index (χ0v) is 12.5. The van der Waals surface area contributed by atoms with Crippen molar-refractivity contribution in [2.75, 3.05) is 0 Å². The maximum Gasteiger partial charge on any atom is 0.127 e. The van der Waals surface area contributed by atoms with E-state index in [0.29, 0.717) is 6.04 Å². The zero-order valence-electron chi connectivity index (χ0n) is 12.5. The first-order valence-corrected chi connectivity index (χ1v) is 7.26. The molecule has 0 saturated heterocycles. The van der Waals surface area contributed by atoms with E-state index in [1.54, 1.807) is 0 Å². The van der Waals surface area contributed by atoms with Crippen LogP contribution in [0.2, 0.25) is 0 Å². The minimum absolute atomic E-state index is 0.487. The third-order valence-electron chi connectivity index (χ3n) is 3.16. The van der Waals surface area contributed by atoms with Crippen LogP contribution in [-0.4, -0.2) is 6.04 Å². The lowest BCUT2D eigenvalue weighted by molar-refractivity contribution is 0.480. The molecular weight excluding hydrogens is 246 g/mol. The Balaban J connectivity index is 2.06. The molecule has 2 aromatic rings. The van der Waals surface area contributed by atoms with E-state index in [4.69, 9.17) is 4.74 Å². The van der Waals surface area contributed by atoms with Crippen LogP contribution in [0.15, 0.2) is 48.5 Å². The van der Waals surface area contributed by atoms with E-state index >= 15 is 0 Å². The number of hydrogen-bond donors (Lipinski definition) is 1. The summed E-state index contributed by atoms with van der Waals surface area (Å²) in [5, 5.41) is 3.42. The van der Waals surface area contributed by atoms with Gasteiger partial charge in [-0.1, -0.05) is 45.0 Å². The quantitative estimate of drug-likeness (QED) is 0.831. The van der Waals surface area contributed by atoms with E-state index in [2.05, 4.69) is 50.4 Å². The van der Waals surface area contributed by atoms with Crippen LogP contribution in [0.25, 0.3) is 0 Å². The molecule has 0 bridgehead atoms. The van der Waals surface area contributed by atoms with Gasteiger partial charge in [-0.05, 0) is 41.8 Å². The van der Waals surface area contributed by atoms with Gasteiger partial charge in [-0.15, -0.1) is 0 Å². The van der Waals surface area contributed by atoms with Gasteiger partial charge in [0, 0.05) is 12.6 Å². The third-order valence-corrected chi connectivity index (χ3v) is 3.16. The fourth-order valence-corrected chi connectivity index (χ4v) is 2.01. The van der Waals surface area contributed by atoms with Crippen LogP contribution in [0.4, 0.5) is 0 Å². The van der Waals surface area contributed by atoms with Gasteiger partial charge in [0.25, 0.3) is 0 Å². The van der Waals surface area contributed by atoms with Crippen LogP contribution in [0, 0.1) is 0 Å². The Labute approximate surface area is 121 Å². The lowest BCUT2D eigenvalue weighted by Crippen LogP contribution is -2.21. The monoisotopic (exact) mass is 269 g/mol. The van der Waals surface area contributed by atoms with E-state index in [1.165, 1.54) is 11.1 Å². The molecule has 2 rings (SSSR count). The van der Waals surface area contributed by atoms with Gasteiger partial charge in [-0.3, -0.25) is 0 Å². The summed E-state index contributed by atoms with van der Waals surface area (Å²) in [5.74, 6) is 1.79. The highest BCUT2D eigenvalue weighted by Crippen LogP contribution is 2.23. The molecule has 2 heteroatoms.